The quantitative estimate of drug-likeness (QED) is 0.131. The van der Waals surface area contributed by atoms with Crippen LogP contribution >= 0.6 is 23.2 Å². The smallest absolute Gasteiger partial charge is 0.305 e. The van der Waals surface area contributed by atoms with Gasteiger partial charge in [0.05, 0.1) is 6.61 Å². The van der Waals surface area contributed by atoms with Crippen LogP contribution in [-0.2, 0) is 19.1 Å². The molecule has 0 unspecified atom stereocenters. The second kappa shape index (κ2) is 20.3. The average Bonchev–Trinajstić information content (AvgIpc) is 2.64. The standard InChI is InChI=1S/C21H38Cl2O4/c1-2-3-4-5-6-7-8-9-10-11-14-17-26-20(24)15-12-13-16-21(25)27-18-19(22)23/h19H,2-18H2,1H3. The van der Waals surface area contributed by atoms with E-state index in [9.17, 15) is 9.59 Å². The summed E-state index contributed by atoms with van der Waals surface area (Å²) in [5.41, 5.74) is 0. The van der Waals surface area contributed by atoms with E-state index in [2.05, 4.69) is 6.92 Å². The molecular formula is C21H38Cl2O4. The Hall–Kier alpha value is -0.480. The highest BCUT2D eigenvalue weighted by Crippen LogP contribution is 2.11. The maximum atomic E-state index is 11.6. The molecule has 0 amide bonds. The number of alkyl halides is 2. The molecule has 0 saturated heterocycles. The molecule has 0 aliphatic rings. The van der Waals surface area contributed by atoms with Crippen molar-refractivity contribution in [3.63, 3.8) is 0 Å². The molecule has 6 heteroatoms. The van der Waals surface area contributed by atoms with Gasteiger partial charge in [-0.3, -0.25) is 9.59 Å². The Balaban J connectivity index is 3.27. The zero-order chi connectivity index (χ0) is 20.2. The third-order valence-corrected chi connectivity index (χ3v) is 4.65. The lowest BCUT2D eigenvalue weighted by Gasteiger charge is -2.06. The van der Waals surface area contributed by atoms with Gasteiger partial charge in [-0.1, -0.05) is 71.1 Å². The summed E-state index contributed by atoms with van der Waals surface area (Å²) in [4.78, 5) is 22.3. The summed E-state index contributed by atoms with van der Waals surface area (Å²) >= 11 is 11.0. The first-order valence-corrected chi connectivity index (χ1v) is 11.5. The molecule has 0 aromatic heterocycles. The van der Waals surface area contributed by atoms with Crippen molar-refractivity contribution in [1.82, 2.24) is 0 Å². The van der Waals surface area contributed by atoms with Crippen molar-refractivity contribution in [2.45, 2.75) is 108 Å². The van der Waals surface area contributed by atoms with Crippen LogP contribution < -0.4 is 0 Å². The van der Waals surface area contributed by atoms with Crippen molar-refractivity contribution in [2.24, 2.45) is 0 Å². The molecule has 0 saturated carbocycles. The minimum atomic E-state index is -0.695. The summed E-state index contributed by atoms with van der Waals surface area (Å²) in [6.45, 7) is 2.76. The fraction of sp³-hybridized carbons (Fsp3) is 0.905. The number of hydrogen-bond acceptors (Lipinski definition) is 4. The minimum absolute atomic E-state index is 0.00292. The van der Waals surface area contributed by atoms with Crippen LogP contribution in [0.3, 0.4) is 0 Å². The van der Waals surface area contributed by atoms with Crippen LogP contribution in [0.5, 0.6) is 0 Å². The second-order valence-electron chi connectivity index (χ2n) is 7.04. The molecule has 0 heterocycles. The van der Waals surface area contributed by atoms with E-state index in [0.717, 1.165) is 12.8 Å². The molecular weight excluding hydrogens is 387 g/mol. The summed E-state index contributed by atoms with van der Waals surface area (Å²) in [6.07, 6.45) is 15.9. The van der Waals surface area contributed by atoms with Gasteiger partial charge in [-0.05, 0) is 19.3 Å². The molecule has 0 aromatic carbocycles. The molecule has 160 valence electrons. The van der Waals surface area contributed by atoms with E-state index in [4.69, 9.17) is 32.7 Å². The Kier molecular flexibility index (Phi) is 19.9. The van der Waals surface area contributed by atoms with Crippen LogP contribution in [0.25, 0.3) is 0 Å². The number of esters is 2. The molecule has 0 fully saturated rings. The van der Waals surface area contributed by atoms with E-state index in [-0.39, 0.29) is 25.0 Å². The molecule has 0 rings (SSSR count). The van der Waals surface area contributed by atoms with Crippen molar-refractivity contribution in [1.29, 1.82) is 0 Å². The lowest BCUT2D eigenvalue weighted by atomic mass is 10.1. The van der Waals surface area contributed by atoms with Crippen LogP contribution in [0.4, 0.5) is 0 Å². The van der Waals surface area contributed by atoms with Gasteiger partial charge in [0, 0.05) is 12.8 Å². The van der Waals surface area contributed by atoms with Crippen LogP contribution in [0, 0.1) is 0 Å². The van der Waals surface area contributed by atoms with Crippen LogP contribution in [0.15, 0.2) is 0 Å². The Morgan fingerprint density at radius 2 is 1.11 bits per heavy atom. The Morgan fingerprint density at radius 3 is 1.59 bits per heavy atom. The Bertz CT molecular complexity index is 362. The van der Waals surface area contributed by atoms with E-state index < -0.39 is 4.84 Å². The lowest BCUT2D eigenvalue weighted by molar-refractivity contribution is -0.145. The Morgan fingerprint density at radius 1 is 0.667 bits per heavy atom. The maximum absolute atomic E-state index is 11.6. The first kappa shape index (κ1) is 26.5. The van der Waals surface area contributed by atoms with Gasteiger partial charge in [0.2, 0.25) is 0 Å². The number of halogens is 2. The number of rotatable bonds is 19. The highest BCUT2D eigenvalue weighted by atomic mass is 35.5. The predicted molar refractivity (Wildman–Crippen MR) is 112 cm³/mol. The van der Waals surface area contributed by atoms with Gasteiger partial charge in [0.1, 0.15) is 11.4 Å². The van der Waals surface area contributed by atoms with Gasteiger partial charge < -0.3 is 9.47 Å². The topological polar surface area (TPSA) is 52.6 Å². The molecule has 0 radical (unpaired) electrons. The van der Waals surface area contributed by atoms with E-state index in [1.54, 1.807) is 0 Å². The molecule has 0 aromatic rings. The highest BCUT2D eigenvalue weighted by Gasteiger charge is 2.08. The molecule has 27 heavy (non-hydrogen) atoms. The fourth-order valence-electron chi connectivity index (χ4n) is 2.79. The summed E-state index contributed by atoms with van der Waals surface area (Å²) in [7, 11) is 0. The molecule has 0 spiro atoms. The van der Waals surface area contributed by atoms with Gasteiger partial charge in [0.15, 0.2) is 0 Å². The van der Waals surface area contributed by atoms with Gasteiger partial charge in [-0.25, -0.2) is 0 Å². The zero-order valence-corrected chi connectivity index (χ0v) is 18.5. The third-order valence-electron chi connectivity index (χ3n) is 4.39. The Labute approximate surface area is 175 Å². The average molecular weight is 425 g/mol. The van der Waals surface area contributed by atoms with Crippen molar-refractivity contribution >= 4 is 35.1 Å². The highest BCUT2D eigenvalue weighted by molar-refractivity contribution is 6.44. The van der Waals surface area contributed by atoms with Crippen molar-refractivity contribution in [2.75, 3.05) is 13.2 Å². The summed E-state index contributed by atoms with van der Waals surface area (Å²) in [5.74, 6) is -0.521. The van der Waals surface area contributed by atoms with Gasteiger partial charge in [-0.2, -0.15) is 0 Å². The molecule has 0 N–H and O–H groups in total. The minimum Gasteiger partial charge on any atom is -0.466 e. The summed E-state index contributed by atoms with van der Waals surface area (Å²) in [5, 5.41) is 0. The summed E-state index contributed by atoms with van der Waals surface area (Å²) < 4.78 is 10.1. The first-order chi connectivity index (χ1) is 13.1. The first-order valence-electron chi connectivity index (χ1n) is 10.7. The van der Waals surface area contributed by atoms with E-state index in [0.29, 0.717) is 25.9 Å². The molecule has 0 aliphatic carbocycles. The van der Waals surface area contributed by atoms with Crippen LogP contribution in [0.1, 0.15) is 103 Å². The molecule has 0 aliphatic heterocycles. The number of unbranched alkanes of at least 4 members (excludes halogenated alkanes) is 11. The van der Waals surface area contributed by atoms with E-state index in [1.807, 2.05) is 0 Å². The molecule has 0 bridgehead atoms. The maximum Gasteiger partial charge on any atom is 0.305 e. The van der Waals surface area contributed by atoms with Crippen LogP contribution in [0.2, 0.25) is 0 Å². The van der Waals surface area contributed by atoms with E-state index in [1.165, 1.54) is 57.8 Å². The van der Waals surface area contributed by atoms with Crippen molar-refractivity contribution in [3.8, 4) is 0 Å². The van der Waals surface area contributed by atoms with Gasteiger partial charge in [-0.15, -0.1) is 23.2 Å². The number of carbonyl (C=O) groups excluding carboxylic acids is 2. The second-order valence-corrected chi connectivity index (χ2v) is 8.31. The predicted octanol–water partition coefficient (Wildman–Crippen LogP) is 6.75. The van der Waals surface area contributed by atoms with E-state index >= 15 is 0 Å². The van der Waals surface area contributed by atoms with Crippen molar-refractivity contribution in [3.05, 3.63) is 0 Å². The van der Waals surface area contributed by atoms with Crippen molar-refractivity contribution < 1.29 is 19.1 Å². The lowest BCUT2D eigenvalue weighted by Crippen LogP contribution is -2.10. The van der Waals surface area contributed by atoms with Crippen LogP contribution in [-0.4, -0.2) is 30.0 Å². The largest absolute Gasteiger partial charge is 0.466 e. The molecule has 0 atom stereocenters. The number of hydrogen-bond donors (Lipinski definition) is 0. The zero-order valence-electron chi connectivity index (χ0n) is 17.0. The number of carbonyl (C=O) groups is 2. The fourth-order valence-corrected chi connectivity index (χ4v) is 2.92. The molecule has 4 nitrogen and oxygen atoms in total. The SMILES string of the molecule is CCCCCCCCCCCCCOC(=O)CCCCC(=O)OCC(Cl)Cl. The third kappa shape index (κ3) is 21.7. The number of ether oxygens (including phenoxy) is 2. The van der Waals surface area contributed by atoms with Gasteiger partial charge in [0.25, 0.3) is 0 Å². The normalized spacial score (nSPS) is 11.0. The summed E-state index contributed by atoms with van der Waals surface area (Å²) in [6, 6.07) is 0. The monoisotopic (exact) mass is 424 g/mol. The van der Waals surface area contributed by atoms with Gasteiger partial charge >= 0.3 is 11.9 Å².